The molecule has 0 amide bonds. The summed E-state index contributed by atoms with van der Waals surface area (Å²) in [4.78, 5) is 0. The predicted molar refractivity (Wildman–Crippen MR) is 86.4 cm³/mol. The van der Waals surface area contributed by atoms with Gasteiger partial charge in [-0.05, 0) is 36.4 Å². The molecule has 6 heteroatoms. The maximum Gasteiger partial charge on any atom is 0.130 e. The number of ether oxygens (including phenoxy) is 1. The largest absolute Gasteiger partial charge is 0.488 e. The second-order valence-corrected chi connectivity index (χ2v) is 5.33. The number of nitrogens with zero attached hydrogens (tertiary/aromatic N) is 2. The molecule has 2 aromatic carbocycles. The van der Waals surface area contributed by atoms with Gasteiger partial charge in [0.25, 0.3) is 0 Å². The van der Waals surface area contributed by atoms with E-state index >= 15 is 0 Å². The van der Waals surface area contributed by atoms with E-state index in [-0.39, 0.29) is 17.2 Å². The van der Waals surface area contributed by atoms with Crippen LogP contribution in [0.25, 0.3) is 6.08 Å². The van der Waals surface area contributed by atoms with Crippen molar-refractivity contribution in [3.63, 3.8) is 0 Å². The summed E-state index contributed by atoms with van der Waals surface area (Å²) < 4.78 is 18.7. The molecule has 0 saturated heterocycles. The Morgan fingerprint density at radius 3 is 2.52 bits per heavy atom. The Morgan fingerprint density at radius 2 is 1.87 bits per heavy atom. The van der Waals surface area contributed by atoms with Crippen LogP contribution in [0.4, 0.5) is 4.39 Å². The fourth-order valence-corrected chi connectivity index (χ4v) is 2.21. The van der Waals surface area contributed by atoms with Gasteiger partial charge in [0.1, 0.15) is 35.9 Å². The van der Waals surface area contributed by atoms with E-state index in [1.165, 1.54) is 24.3 Å². The first kappa shape index (κ1) is 16.8. The first-order chi connectivity index (χ1) is 11.0. The number of nitriles is 2. The average Bonchev–Trinajstić information content (AvgIpc) is 2.53. The van der Waals surface area contributed by atoms with E-state index in [0.29, 0.717) is 21.9 Å². The van der Waals surface area contributed by atoms with E-state index in [4.69, 9.17) is 38.5 Å². The number of halogens is 3. The van der Waals surface area contributed by atoms with Gasteiger partial charge in [0.15, 0.2) is 0 Å². The van der Waals surface area contributed by atoms with Crippen LogP contribution in [-0.2, 0) is 6.61 Å². The third kappa shape index (κ3) is 4.47. The minimum absolute atomic E-state index is 0.0723. The molecule has 0 spiro atoms. The minimum atomic E-state index is -0.429. The summed E-state index contributed by atoms with van der Waals surface area (Å²) in [7, 11) is 0. The topological polar surface area (TPSA) is 56.8 Å². The third-order valence-electron chi connectivity index (χ3n) is 2.91. The summed E-state index contributed by atoms with van der Waals surface area (Å²) in [5.41, 5.74) is 1.03. The van der Waals surface area contributed by atoms with Crippen LogP contribution in [0.3, 0.4) is 0 Å². The van der Waals surface area contributed by atoms with Crippen molar-refractivity contribution in [1.29, 1.82) is 10.5 Å². The van der Waals surface area contributed by atoms with Gasteiger partial charge in [-0.25, -0.2) is 4.39 Å². The van der Waals surface area contributed by atoms with Crippen molar-refractivity contribution < 1.29 is 9.13 Å². The van der Waals surface area contributed by atoms with E-state index in [2.05, 4.69) is 0 Å². The number of rotatable bonds is 4. The van der Waals surface area contributed by atoms with Crippen LogP contribution in [0, 0.1) is 28.5 Å². The zero-order valence-electron chi connectivity index (χ0n) is 11.7. The van der Waals surface area contributed by atoms with E-state index < -0.39 is 5.82 Å². The predicted octanol–water partition coefficient (Wildman–Crippen LogP) is 5.14. The highest BCUT2D eigenvalue weighted by Gasteiger charge is 2.07. The average molecular weight is 347 g/mol. The smallest absolute Gasteiger partial charge is 0.130 e. The number of allylic oxidation sites excluding steroid dienone is 1. The SMILES string of the molecule is N#CC(C#N)=Cc1cc(Cl)ccc1OCc1ccc(F)cc1Cl. The molecule has 23 heavy (non-hydrogen) atoms. The van der Waals surface area contributed by atoms with Gasteiger partial charge in [0, 0.05) is 16.1 Å². The highest BCUT2D eigenvalue weighted by atomic mass is 35.5. The van der Waals surface area contributed by atoms with Gasteiger partial charge in [-0.2, -0.15) is 10.5 Å². The van der Waals surface area contributed by atoms with Crippen LogP contribution < -0.4 is 4.74 Å². The van der Waals surface area contributed by atoms with E-state index in [9.17, 15) is 4.39 Å². The summed E-state index contributed by atoms with van der Waals surface area (Å²) in [5, 5.41) is 18.4. The van der Waals surface area contributed by atoms with Crippen molar-refractivity contribution >= 4 is 29.3 Å². The van der Waals surface area contributed by atoms with Gasteiger partial charge in [-0.15, -0.1) is 0 Å². The molecule has 0 N–H and O–H groups in total. The lowest BCUT2D eigenvalue weighted by Crippen LogP contribution is -1.98. The Labute approximate surface area is 142 Å². The van der Waals surface area contributed by atoms with Crippen LogP contribution in [0.1, 0.15) is 11.1 Å². The lowest BCUT2D eigenvalue weighted by molar-refractivity contribution is 0.305. The lowest BCUT2D eigenvalue weighted by Gasteiger charge is -2.11. The molecule has 0 aliphatic carbocycles. The van der Waals surface area contributed by atoms with E-state index in [0.717, 1.165) is 0 Å². The summed E-state index contributed by atoms with van der Waals surface area (Å²) in [6.07, 6.45) is 1.38. The Kier molecular flexibility index (Phi) is 5.60. The molecule has 0 saturated carbocycles. The van der Waals surface area contributed by atoms with Gasteiger partial charge in [-0.1, -0.05) is 29.3 Å². The van der Waals surface area contributed by atoms with Crippen molar-refractivity contribution in [2.24, 2.45) is 0 Å². The molecule has 0 fully saturated rings. The lowest BCUT2D eigenvalue weighted by atomic mass is 10.1. The van der Waals surface area contributed by atoms with Crippen LogP contribution in [0.5, 0.6) is 5.75 Å². The molecule has 0 heterocycles. The van der Waals surface area contributed by atoms with Gasteiger partial charge in [-0.3, -0.25) is 0 Å². The molecule has 0 aliphatic heterocycles. The van der Waals surface area contributed by atoms with Gasteiger partial charge >= 0.3 is 0 Å². The number of hydrogen-bond acceptors (Lipinski definition) is 3. The summed E-state index contributed by atoms with van der Waals surface area (Å²) in [6, 6.07) is 12.4. The highest BCUT2D eigenvalue weighted by Crippen LogP contribution is 2.27. The molecular weight excluding hydrogens is 338 g/mol. The molecule has 0 aromatic heterocycles. The minimum Gasteiger partial charge on any atom is -0.488 e. The fourth-order valence-electron chi connectivity index (χ4n) is 1.80. The zero-order valence-corrected chi connectivity index (χ0v) is 13.2. The highest BCUT2D eigenvalue weighted by molar-refractivity contribution is 6.31. The molecule has 0 bridgehead atoms. The fraction of sp³-hybridized carbons (Fsp3) is 0.0588. The molecule has 0 aliphatic rings. The summed E-state index contributed by atoms with van der Waals surface area (Å²) in [5.74, 6) is -0.000612. The van der Waals surface area contributed by atoms with Crippen LogP contribution in [0.2, 0.25) is 10.0 Å². The number of hydrogen-bond donors (Lipinski definition) is 0. The second kappa shape index (κ2) is 7.65. The zero-order chi connectivity index (χ0) is 16.8. The van der Waals surface area contributed by atoms with E-state index in [1.54, 1.807) is 30.3 Å². The molecule has 2 aromatic rings. The van der Waals surface area contributed by atoms with Crippen molar-refractivity contribution in [1.82, 2.24) is 0 Å². The van der Waals surface area contributed by atoms with Gasteiger partial charge in [0.2, 0.25) is 0 Å². The van der Waals surface area contributed by atoms with Crippen molar-refractivity contribution in [2.45, 2.75) is 6.61 Å². The Morgan fingerprint density at radius 1 is 1.13 bits per heavy atom. The summed E-state index contributed by atoms with van der Waals surface area (Å²) in [6.45, 7) is 0.107. The molecule has 2 rings (SSSR count). The quantitative estimate of drug-likeness (QED) is 0.720. The van der Waals surface area contributed by atoms with Gasteiger partial charge in [0.05, 0.1) is 5.02 Å². The monoisotopic (exact) mass is 346 g/mol. The number of benzene rings is 2. The molecule has 0 unspecified atom stereocenters. The Balaban J connectivity index is 2.28. The van der Waals surface area contributed by atoms with Crippen LogP contribution in [0.15, 0.2) is 42.0 Å². The molecule has 0 radical (unpaired) electrons. The Bertz CT molecular complexity index is 835. The molecule has 114 valence electrons. The molecule has 0 atom stereocenters. The van der Waals surface area contributed by atoms with E-state index in [1.807, 2.05) is 0 Å². The maximum absolute atomic E-state index is 13.0. The first-order valence-corrected chi connectivity index (χ1v) is 7.17. The normalized spacial score (nSPS) is 9.61. The van der Waals surface area contributed by atoms with Crippen LogP contribution in [-0.4, -0.2) is 0 Å². The third-order valence-corrected chi connectivity index (χ3v) is 3.50. The standard InChI is InChI=1S/C17H9Cl2FN2O/c18-14-2-4-17(13(6-14)5-11(8-21)9-22)23-10-12-1-3-15(20)7-16(12)19/h1-7H,10H2. The van der Waals surface area contributed by atoms with Gasteiger partial charge < -0.3 is 4.74 Å². The first-order valence-electron chi connectivity index (χ1n) is 6.41. The van der Waals surface area contributed by atoms with Crippen molar-refractivity contribution in [2.75, 3.05) is 0 Å². The molecule has 3 nitrogen and oxygen atoms in total. The molecular formula is C17H9Cl2FN2O. The maximum atomic E-state index is 13.0. The Hall–Kier alpha value is -2.53. The van der Waals surface area contributed by atoms with Crippen molar-refractivity contribution in [3.05, 3.63) is 69.0 Å². The second-order valence-electron chi connectivity index (χ2n) is 4.49. The summed E-state index contributed by atoms with van der Waals surface area (Å²) >= 11 is 11.9. The van der Waals surface area contributed by atoms with Crippen molar-refractivity contribution in [3.8, 4) is 17.9 Å². The van der Waals surface area contributed by atoms with Crippen LogP contribution >= 0.6 is 23.2 Å².